The van der Waals surface area contributed by atoms with Crippen molar-refractivity contribution in [1.29, 1.82) is 0 Å². The third-order valence-corrected chi connectivity index (χ3v) is 12.3. The van der Waals surface area contributed by atoms with Crippen LogP contribution in [-0.2, 0) is 28.6 Å². The molecule has 0 aromatic rings. The molecular weight excluding hydrogens is 570 g/mol. The summed E-state index contributed by atoms with van der Waals surface area (Å²) in [7, 11) is 0. The number of nitrogens with one attached hydrogen (secondary N) is 2. The Morgan fingerprint density at radius 2 is 2.00 bits per heavy atom. The van der Waals surface area contributed by atoms with Gasteiger partial charge in [-0.25, -0.2) is 0 Å². The first-order valence-electron chi connectivity index (χ1n) is 8.57. The summed E-state index contributed by atoms with van der Waals surface area (Å²) in [6.45, 7) is 7.30. The van der Waals surface area contributed by atoms with Gasteiger partial charge in [-0.05, 0) is 0 Å². The van der Waals surface area contributed by atoms with Crippen LogP contribution in [0, 0.1) is 23.7 Å². The molecule has 3 heterocycles. The second-order valence-electron chi connectivity index (χ2n) is 8.25. The first kappa shape index (κ1) is 19.1. The van der Waals surface area contributed by atoms with Crippen LogP contribution in [0.5, 0.6) is 0 Å². The standard InChI is InChI=1S/C16H22I2N2O6/c1-6-5-7-9(12(22)26-15(2,3)4)8(6)11(21)24-14(7)25-13(23)10(17)16-18(19-16)20-16/h6-10,14,19-20H,5H2,1-4H3. The van der Waals surface area contributed by atoms with Crippen LogP contribution in [0.25, 0.3) is 0 Å². The van der Waals surface area contributed by atoms with Crippen molar-refractivity contribution >= 4 is 60.9 Å². The van der Waals surface area contributed by atoms with E-state index in [0.717, 1.165) is 0 Å². The van der Waals surface area contributed by atoms with E-state index in [1.807, 2.05) is 6.92 Å². The Bertz CT molecular complexity index is 674. The van der Waals surface area contributed by atoms with Gasteiger partial charge in [-0.3, -0.25) is 0 Å². The summed E-state index contributed by atoms with van der Waals surface area (Å²) in [6, 6.07) is 0. The van der Waals surface area contributed by atoms with E-state index >= 15 is 0 Å². The average Bonchev–Trinajstić information content (AvgIpc) is 3.33. The fourth-order valence-electron chi connectivity index (χ4n) is 3.85. The molecule has 1 aliphatic carbocycles. The number of rotatable bonds is 4. The quantitative estimate of drug-likeness (QED) is 0.126. The van der Waals surface area contributed by atoms with Gasteiger partial charge in [0.05, 0.1) is 0 Å². The van der Waals surface area contributed by atoms with Gasteiger partial charge in [0.15, 0.2) is 0 Å². The molecule has 3 aliphatic heterocycles. The van der Waals surface area contributed by atoms with E-state index in [0.29, 0.717) is 6.42 Å². The molecule has 26 heavy (non-hydrogen) atoms. The zero-order valence-corrected chi connectivity index (χ0v) is 19.2. The molecule has 2 N–H and O–H groups in total. The van der Waals surface area contributed by atoms with Crippen LogP contribution in [0.4, 0.5) is 0 Å². The van der Waals surface area contributed by atoms with Crippen molar-refractivity contribution in [3.63, 3.8) is 0 Å². The summed E-state index contributed by atoms with van der Waals surface area (Å²) in [6.07, 6.45) is -0.438. The van der Waals surface area contributed by atoms with Gasteiger partial charge < -0.3 is 0 Å². The Kier molecular flexibility index (Phi) is 4.52. The minimum atomic E-state index is -1.27. The van der Waals surface area contributed by atoms with Crippen molar-refractivity contribution in [3.05, 3.63) is 0 Å². The molecule has 8 nitrogen and oxygen atoms in total. The first-order chi connectivity index (χ1) is 12.0. The number of hydrogen-bond donors (Lipinski definition) is 2. The molecule has 0 radical (unpaired) electrons. The van der Waals surface area contributed by atoms with Crippen LogP contribution in [0.15, 0.2) is 0 Å². The summed E-state index contributed by atoms with van der Waals surface area (Å²) in [4.78, 5) is 37.7. The third kappa shape index (κ3) is 3.13. The number of hydrogen-bond acceptors (Lipinski definition) is 8. The first-order valence-corrected chi connectivity index (χ1v) is 13.0. The van der Waals surface area contributed by atoms with Crippen LogP contribution >= 0.6 is 43.0 Å². The molecule has 3 saturated heterocycles. The van der Waals surface area contributed by atoms with E-state index in [2.05, 4.69) is 29.7 Å². The van der Waals surface area contributed by atoms with Crippen molar-refractivity contribution in [3.8, 4) is 0 Å². The minimum absolute atomic E-state index is 0.0179. The van der Waals surface area contributed by atoms with Crippen LogP contribution in [0.3, 0.4) is 0 Å². The van der Waals surface area contributed by atoms with Gasteiger partial charge in [-0.15, -0.1) is 0 Å². The second kappa shape index (κ2) is 6.14. The molecule has 2 bridgehead atoms. The van der Waals surface area contributed by atoms with E-state index in [4.69, 9.17) is 14.2 Å². The van der Waals surface area contributed by atoms with Gasteiger partial charge >= 0.3 is 174 Å². The van der Waals surface area contributed by atoms with E-state index in [9.17, 15) is 14.4 Å². The predicted molar refractivity (Wildman–Crippen MR) is 107 cm³/mol. The molecule has 0 amide bonds. The number of halogens is 2. The normalized spacial score (nSPS) is 38.7. The molecule has 0 spiro atoms. The average molecular weight is 592 g/mol. The summed E-state index contributed by atoms with van der Waals surface area (Å²) in [5, 5.41) is 0. The van der Waals surface area contributed by atoms with Crippen LogP contribution in [0.1, 0.15) is 34.1 Å². The maximum atomic E-state index is 12.7. The number of fused-ring (bicyclic) bond motifs is 3. The Hall–Kier alpha value is -0.210. The zero-order valence-electron chi connectivity index (χ0n) is 14.9. The van der Waals surface area contributed by atoms with E-state index in [1.54, 1.807) is 20.8 Å². The SMILES string of the molecule is CC1CC2C(OC(=O)C(I)C34NI3N4)OC(=O)C1C2C(=O)OC(C)(C)C. The zero-order chi connectivity index (χ0) is 19.0. The summed E-state index contributed by atoms with van der Waals surface area (Å²) in [5.41, 5.74) is -0.644. The predicted octanol–water partition coefficient (Wildman–Crippen LogP) is 1.64. The molecule has 10 heteroatoms. The Morgan fingerprint density at radius 3 is 2.54 bits per heavy atom. The van der Waals surface area contributed by atoms with Crippen molar-refractivity contribution in [1.82, 2.24) is 7.06 Å². The molecule has 4 rings (SSSR count). The Labute approximate surface area is 173 Å². The molecule has 146 valence electrons. The molecule has 6 unspecified atom stereocenters. The second-order valence-corrected chi connectivity index (χ2v) is 13.9. The van der Waals surface area contributed by atoms with Gasteiger partial charge in [0.2, 0.25) is 0 Å². The van der Waals surface area contributed by atoms with Gasteiger partial charge in [0, 0.05) is 0 Å². The fraction of sp³-hybridized carbons (Fsp3) is 0.812. The fourth-order valence-corrected chi connectivity index (χ4v) is 11.2. The van der Waals surface area contributed by atoms with Crippen LogP contribution in [0.2, 0.25) is 0 Å². The molecule has 4 aliphatic rings. The number of esters is 3. The number of ether oxygens (including phenoxy) is 3. The number of carbonyl (C=O) groups is 3. The third-order valence-electron chi connectivity index (χ3n) is 5.12. The van der Waals surface area contributed by atoms with E-state index < -0.39 is 62.0 Å². The van der Waals surface area contributed by atoms with Gasteiger partial charge in [0.1, 0.15) is 0 Å². The van der Waals surface area contributed by atoms with Crippen LogP contribution in [-0.4, -0.2) is 37.4 Å². The van der Waals surface area contributed by atoms with Crippen LogP contribution < -0.4 is 7.06 Å². The van der Waals surface area contributed by atoms with Gasteiger partial charge in [-0.1, -0.05) is 0 Å². The van der Waals surface area contributed by atoms with E-state index in [-0.39, 0.29) is 19.4 Å². The van der Waals surface area contributed by atoms with Crippen molar-refractivity contribution in [2.45, 2.75) is 53.6 Å². The van der Waals surface area contributed by atoms with Crippen molar-refractivity contribution < 1.29 is 28.6 Å². The molecule has 4 fully saturated rings. The molecule has 0 aromatic heterocycles. The number of carbonyl (C=O) groups excluding carboxylic acids is 3. The topological polar surface area (TPSA) is 123 Å². The molecule has 6 atom stereocenters. The summed E-state index contributed by atoms with van der Waals surface area (Å²) < 4.78 is 22.5. The number of cyclic esters (lactones) is 1. The number of alkyl halides is 2. The summed E-state index contributed by atoms with van der Waals surface area (Å²) >= 11 is 0.786. The Balaban J connectivity index is 1.50. The molecular formula is C16H22I2N2O6. The van der Waals surface area contributed by atoms with Crippen molar-refractivity contribution in [2.24, 2.45) is 23.7 Å². The monoisotopic (exact) mass is 592 g/mol. The Morgan fingerprint density at radius 1 is 1.38 bits per heavy atom. The summed E-state index contributed by atoms with van der Waals surface area (Å²) in [5.74, 6) is -2.85. The van der Waals surface area contributed by atoms with Crippen molar-refractivity contribution in [2.75, 3.05) is 0 Å². The molecule has 0 aromatic carbocycles. The molecule has 1 saturated carbocycles. The van der Waals surface area contributed by atoms with E-state index in [1.165, 1.54) is 0 Å². The van der Waals surface area contributed by atoms with Gasteiger partial charge in [0.25, 0.3) is 0 Å². The maximum absolute atomic E-state index is 12.7. The van der Waals surface area contributed by atoms with Gasteiger partial charge in [-0.2, -0.15) is 0 Å².